The second kappa shape index (κ2) is 7.26. The first-order chi connectivity index (χ1) is 11.2. The zero-order chi connectivity index (χ0) is 16.1. The highest BCUT2D eigenvalue weighted by molar-refractivity contribution is 5.89. The van der Waals surface area contributed by atoms with E-state index in [0.717, 1.165) is 22.4 Å². The van der Waals surface area contributed by atoms with Gasteiger partial charge in [-0.05, 0) is 35.2 Å². The van der Waals surface area contributed by atoms with Crippen LogP contribution >= 0.6 is 0 Å². The van der Waals surface area contributed by atoms with Crippen LogP contribution in [-0.2, 0) is 24.4 Å². The predicted octanol–water partition coefficient (Wildman–Crippen LogP) is 2.44. The lowest BCUT2D eigenvalue weighted by molar-refractivity contribution is 0.134. The first-order valence-corrected chi connectivity index (χ1v) is 7.66. The van der Waals surface area contributed by atoms with Crippen molar-refractivity contribution >= 4 is 11.7 Å². The molecular formula is C18H20N2O3. The number of aliphatic hydroxyl groups is 1. The molecule has 2 aromatic carbocycles. The average molecular weight is 312 g/mol. The normalized spacial score (nSPS) is 14.1. The zero-order valence-electron chi connectivity index (χ0n) is 12.8. The van der Waals surface area contributed by atoms with E-state index in [1.54, 1.807) is 0 Å². The Labute approximate surface area is 135 Å². The van der Waals surface area contributed by atoms with Crippen LogP contribution in [0.25, 0.3) is 0 Å². The smallest absolute Gasteiger partial charge is 0.319 e. The number of benzene rings is 2. The van der Waals surface area contributed by atoms with Gasteiger partial charge < -0.3 is 20.5 Å². The molecule has 5 nitrogen and oxygen atoms in total. The highest BCUT2D eigenvalue weighted by Crippen LogP contribution is 2.23. The first kappa shape index (κ1) is 15.5. The summed E-state index contributed by atoms with van der Waals surface area (Å²) < 4.78 is 5.36. The second-order valence-corrected chi connectivity index (χ2v) is 5.64. The fraction of sp³-hybridized carbons (Fsp3) is 0.278. The maximum atomic E-state index is 12.1. The molecule has 0 spiro atoms. The highest BCUT2D eigenvalue weighted by Gasteiger charge is 2.14. The number of amides is 2. The van der Waals surface area contributed by atoms with Gasteiger partial charge in [-0.15, -0.1) is 0 Å². The van der Waals surface area contributed by atoms with E-state index < -0.39 is 0 Å². The van der Waals surface area contributed by atoms with Crippen LogP contribution in [0.3, 0.4) is 0 Å². The molecule has 0 bridgehead atoms. The van der Waals surface area contributed by atoms with Crippen LogP contribution in [0.15, 0.2) is 48.5 Å². The summed E-state index contributed by atoms with van der Waals surface area (Å²) in [4.78, 5) is 12.1. The first-order valence-electron chi connectivity index (χ1n) is 7.66. The zero-order valence-corrected chi connectivity index (χ0v) is 12.8. The maximum absolute atomic E-state index is 12.1. The molecule has 3 rings (SSSR count). The van der Waals surface area contributed by atoms with Crippen molar-refractivity contribution in [2.24, 2.45) is 0 Å². The third-order valence-electron chi connectivity index (χ3n) is 3.86. The van der Waals surface area contributed by atoms with Crippen molar-refractivity contribution < 1.29 is 14.6 Å². The van der Waals surface area contributed by atoms with Crippen molar-refractivity contribution in [1.29, 1.82) is 0 Å². The van der Waals surface area contributed by atoms with Crippen molar-refractivity contribution in [2.75, 3.05) is 11.9 Å². The lowest BCUT2D eigenvalue weighted by Gasteiger charge is -2.17. The minimum Gasteiger partial charge on any atom is -0.394 e. The summed E-state index contributed by atoms with van der Waals surface area (Å²) in [6, 6.07) is 14.9. The molecule has 120 valence electrons. The number of carbonyl (C=O) groups excluding carboxylic acids is 1. The second-order valence-electron chi connectivity index (χ2n) is 5.64. The third kappa shape index (κ3) is 4.09. The Balaban J connectivity index is 1.57. The molecule has 1 aliphatic rings. The Morgan fingerprint density at radius 2 is 1.91 bits per heavy atom. The molecule has 0 aliphatic carbocycles. The van der Waals surface area contributed by atoms with Gasteiger partial charge >= 0.3 is 6.03 Å². The monoisotopic (exact) mass is 312 g/mol. The molecule has 2 amide bonds. The lowest BCUT2D eigenvalue weighted by Crippen LogP contribution is -2.41. The van der Waals surface area contributed by atoms with Crippen molar-refractivity contribution in [3.63, 3.8) is 0 Å². The molecule has 0 aromatic heterocycles. The standard InChI is InChI=1S/C18H20N2O3/c21-10-17(8-13-4-2-1-3-5-13)20-18(22)19-16-7-6-14-11-23-12-15(14)9-16/h1-7,9,17,21H,8,10-12H2,(H2,19,20,22)/t17-/m0/s1. The summed E-state index contributed by atoms with van der Waals surface area (Å²) >= 11 is 0. The van der Waals surface area contributed by atoms with Gasteiger partial charge in [0, 0.05) is 5.69 Å². The fourth-order valence-electron chi connectivity index (χ4n) is 2.66. The van der Waals surface area contributed by atoms with E-state index in [1.165, 1.54) is 0 Å². The number of hydrogen-bond acceptors (Lipinski definition) is 3. The molecular weight excluding hydrogens is 292 g/mol. The predicted molar refractivity (Wildman–Crippen MR) is 88.1 cm³/mol. The van der Waals surface area contributed by atoms with Gasteiger partial charge in [-0.2, -0.15) is 0 Å². The number of fused-ring (bicyclic) bond motifs is 1. The molecule has 1 aliphatic heterocycles. The molecule has 23 heavy (non-hydrogen) atoms. The molecule has 1 heterocycles. The van der Waals surface area contributed by atoms with E-state index in [1.807, 2.05) is 48.5 Å². The van der Waals surface area contributed by atoms with Crippen LogP contribution in [0.5, 0.6) is 0 Å². The van der Waals surface area contributed by atoms with Gasteiger partial charge in [0.05, 0.1) is 25.9 Å². The summed E-state index contributed by atoms with van der Waals surface area (Å²) in [5.74, 6) is 0. The van der Waals surface area contributed by atoms with Crippen molar-refractivity contribution in [3.8, 4) is 0 Å². The molecule has 5 heteroatoms. The Bertz CT molecular complexity index is 673. The fourth-order valence-corrected chi connectivity index (χ4v) is 2.66. The average Bonchev–Trinajstić information content (AvgIpc) is 3.02. The number of nitrogens with one attached hydrogen (secondary N) is 2. The molecule has 0 radical (unpaired) electrons. The number of rotatable bonds is 5. The highest BCUT2D eigenvalue weighted by atomic mass is 16.5. The molecule has 2 aromatic rings. The number of ether oxygens (including phenoxy) is 1. The molecule has 0 fully saturated rings. The van der Waals surface area contributed by atoms with Crippen molar-refractivity contribution in [3.05, 3.63) is 65.2 Å². The van der Waals surface area contributed by atoms with Gasteiger partial charge in [0.2, 0.25) is 0 Å². The summed E-state index contributed by atoms with van der Waals surface area (Å²) in [5, 5.41) is 15.1. The summed E-state index contributed by atoms with van der Waals surface area (Å²) in [5.41, 5.74) is 4.06. The van der Waals surface area contributed by atoms with E-state index in [-0.39, 0.29) is 18.7 Å². The van der Waals surface area contributed by atoms with Gasteiger partial charge in [0.25, 0.3) is 0 Å². The molecule has 1 atom stereocenters. The Morgan fingerprint density at radius 1 is 1.13 bits per heavy atom. The Kier molecular flexibility index (Phi) is 4.90. The molecule has 0 saturated carbocycles. The Morgan fingerprint density at radius 3 is 2.70 bits per heavy atom. The van der Waals surface area contributed by atoms with E-state index in [9.17, 15) is 9.90 Å². The van der Waals surface area contributed by atoms with E-state index >= 15 is 0 Å². The van der Waals surface area contributed by atoms with E-state index in [2.05, 4.69) is 10.6 Å². The van der Waals surface area contributed by atoms with Crippen molar-refractivity contribution in [2.45, 2.75) is 25.7 Å². The maximum Gasteiger partial charge on any atom is 0.319 e. The van der Waals surface area contributed by atoms with Crippen LogP contribution in [-0.4, -0.2) is 23.8 Å². The molecule has 0 unspecified atom stereocenters. The molecule has 3 N–H and O–H groups in total. The lowest BCUT2D eigenvalue weighted by atomic mass is 10.1. The summed E-state index contributed by atoms with van der Waals surface area (Å²) in [6.45, 7) is 1.10. The van der Waals surface area contributed by atoms with Crippen LogP contribution < -0.4 is 10.6 Å². The molecule has 0 saturated heterocycles. The number of urea groups is 1. The Hall–Kier alpha value is -2.37. The quantitative estimate of drug-likeness (QED) is 0.794. The number of carbonyl (C=O) groups is 1. The summed E-state index contributed by atoms with van der Waals surface area (Å²) in [7, 11) is 0. The minimum absolute atomic E-state index is 0.111. The number of hydrogen-bond donors (Lipinski definition) is 3. The van der Waals surface area contributed by atoms with Crippen LogP contribution in [0.2, 0.25) is 0 Å². The van der Waals surface area contributed by atoms with Crippen molar-refractivity contribution in [1.82, 2.24) is 5.32 Å². The van der Waals surface area contributed by atoms with Gasteiger partial charge in [-0.3, -0.25) is 0 Å². The van der Waals surface area contributed by atoms with Gasteiger partial charge in [-0.1, -0.05) is 36.4 Å². The largest absolute Gasteiger partial charge is 0.394 e. The SMILES string of the molecule is O=C(Nc1ccc2c(c1)COC2)N[C@H](CO)Cc1ccccc1. The van der Waals surface area contributed by atoms with Crippen LogP contribution in [0, 0.1) is 0 Å². The van der Waals surface area contributed by atoms with E-state index in [4.69, 9.17) is 4.74 Å². The van der Waals surface area contributed by atoms with E-state index in [0.29, 0.717) is 19.6 Å². The van der Waals surface area contributed by atoms with Crippen LogP contribution in [0.4, 0.5) is 10.5 Å². The number of anilines is 1. The minimum atomic E-state index is -0.324. The number of aliphatic hydroxyl groups excluding tert-OH is 1. The van der Waals surface area contributed by atoms with Gasteiger partial charge in [-0.25, -0.2) is 4.79 Å². The van der Waals surface area contributed by atoms with Gasteiger partial charge in [0.1, 0.15) is 0 Å². The third-order valence-corrected chi connectivity index (χ3v) is 3.86. The topological polar surface area (TPSA) is 70.6 Å². The summed E-state index contributed by atoms with van der Waals surface area (Å²) in [6.07, 6.45) is 0.586. The van der Waals surface area contributed by atoms with Crippen LogP contribution in [0.1, 0.15) is 16.7 Å². The van der Waals surface area contributed by atoms with Gasteiger partial charge in [0.15, 0.2) is 0 Å².